The number of likely N-dealkylation sites (tertiary alicyclic amines) is 1. The summed E-state index contributed by atoms with van der Waals surface area (Å²) in [5.74, 6) is 0.211. The zero-order chi connectivity index (χ0) is 23.9. The van der Waals surface area contributed by atoms with Gasteiger partial charge in [0.25, 0.3) is 0 Å². The van der Waals surface area contributed by atoms with Crippen molar-refractivity contribution >= 4 is 45.6 Å². The molecule has 2 N–H and O–H groups in total. The predicted octanol–water partition coefficient (Wildman–Crippen LogP) is 5.98. The van der Waals surface area contributed by atoms with Crippen LogP contribution < -0.4 is 5.32 Å². The summed E-state index contributed by atoms with van der Waals surface area (Å²) in [6.07, 6.45) is 2.56. The molecule has 0 radical (unpaired) electrons. The number of benzene rings is 3. The van der Waals surface area contributed by atoms with E-state index in [9.17, 15) is 4.79 Å². The minimum Gasteiger partial charge on any atom is -0.342 e. The van der Waals surface area contributed by atoms with Gasteiger partial charge in [0.1, 0.15) is 11.7 Å². The molecule has 0 saturated carbocycles. The number of nitrogens with zero attached hydrogens (tertiary/aromatic N) is 3. The summed E-state index contributed by atoms with van der Waals surface area (Å²) in [6.45, 7) is 5.23. The molecule has 0 bridgehead atoms. The average Bonchev–Trinajstić information content (AvgIpc) is 3.56. The van der Waals surface area contributed by atoms with Crippen molar-refractivity contribution < 1.29 is 4.79 Å². The second-order valence-electron chi connectivity index (χ2n) is 9.35. The molecule has 3 heterocycles. The minimum absolute atomic E-state index is 0.104. The second kappa shape index (κ2) is 8.95. The molecule has 2 aliphatic heterocycles. The van der Waals surface area contributed by atoms with Gasteiger partial charge in [-0.25, -0.2) is 4.98 Å². The summed E-state index contributed by atoms with van der Waals surface area (Å²) >= 11 is 6.19. The maximum absolute atomic E-state index is 13.2. The van der Waals surface area contributed by atoms with E-state index in [1.54, 1.807) is 6.07 Å². The number of imidazole rings is 1. The highest BCUT2D eigenvalue weighted by atomic mass is 35.5. The van der Waals surface area contributed by atoms with Crippen LogP contribution in [0.15, 0.2) is 65.7 Å². The molecule has 176 valence electrons. The number of fused-ring (bicyclic) bond motifs is 2. The molecule has 1 amide bonds. The van der Waals surface area contributed by atoms with Crippen LogP contribution in [0.4, 0.5) is 11.4 Å². The highest BCUT2D eigenvalue weighted by Crippen LogP contribution is 2.38. The summed E-state index contributed by atoms with van der Waals surface area (Å²) in [7, 11) is 0. The molecule has 1 aromatic heterocycles. The molecule has 7 heteroatoms. The topological polar surface area (TPSA) is 73.4 Å². The summed E-state index contributed by atoms with van der Waals surface area (Å²) in [5, 5.41) is 3.57. The van der Waals surface area contributed by atoms with E-state index in [1.807, 2.05) is 49.4 Å². The molecule has 0 aliphatic carbocycles. The molecular weight excluding hydrogens is 458 g/mol. The first-order chi connectivity index (χ1) is 17.0. The van der Waals surface area contributed by atoms with E-state index in [4.69, 9.17) is 16.6 Å². The number of hydrogen-bond donors (Lipinski definition) is 2. The van der Waals surface area contributed by atoms with E-state index in [0.717, 1.165) is 45.9 Å². The molecule has 1 atom stereocenters. The van der Waals surface area contributed by atoms with Crippen LogP contribution in [0.2, 0.25) is 5.02 Å². The predicted molar refractivity (Wildman–Crippen MR) is 141 cm³/mol. The van der Waals surface area contributed by atoms with Crippen LogP contribution >= 0.6 is 11.6 Å². The van der Waals surface area contributed by atoms with Crippen LogP contribution in [0.3, 0.4) is 0 Å². The van der Waals surface area contributed by atoms with Crippen molar-refractivity contribution in [3.8, 4) is 0 Å². The molecule has 4 aromatic rings. The Balaban J connectivity index is 1.42. The molecule has 2 aliphatic rings. The van der Waals surface area contributed by atoms with Crippen LogP contribution in [0.1, 0.15) is 41.3 Å². The van der Waals surface area contributed by atoms with Crippen LogP contribution in [0.25, 0.3) is 11.0 Å². The molecule has 1 fully saturated rings. The average molecular weight is 484 g/mol. The van der Waals surface area contributed by atoms with E-state index < -0.39 is 5.92 Å². The maximum atomic E-state index is 13.2. The number of aryl methyl sites for hydroxylation is 1. The molecule has 6 nitrogen and oxygen atoms in total. The van der Waals surface area contributed by atoms with E-state index in [0.29, 0.717) is 10.7 Å². The number of amides is 1. The number of anilines is 1. The van der Waals surface area contributed by atoms with Gasteiger partial charge >= 0.3 is 0 Å². The summed E-state index contributed by atoms with van der Waals surface area (Å²) in [4.78, 5) is 28.5. The van der Waals surface area contributed by atoms with Gasteiger partial charge in [-0.15, -0.1) is 0 Å². The van der Waals surface area contributed by atoms with Gasteiger partial charge in [0.05, 0.1) is 22.4 Å². The Bertz CT molecular complexity index is 1450. The minimum atomic E-state index is -0.534. The van der Waals surface area contributed by atoms with Crippen molar-refractivity contribution in [2.24, 2.45) is 4.99 Å². The first-order valence-electron chi connectivity index (χ1n) is 12.0. The summed E-state index contributed by atoms with van der Waals surface area (Å²) in [6, 6.07) is 19.9. The Morgan fingerprint density at radius 2 is 1.89 bits per heavy atom. The van der Waals surface area contributed by atoms with Crippen LogP contribution in [-0.2, 0) is 11.3 Å². The van der Waals surface area contributed by atoms with Crippen molar-refractivity contribution in [3.05, 3.63) is 88.2 Å². The molecule has 3 aromatic carbocycles. The Hall–Kier alpha value is -3.48. The third kappa shape index (κ3) is 4.35. The zero-order valence-electron chi connectivity index (χ0n) is 19.5. The lowest BCUT2D eigenvalue weighted by Crippen LogP contribution is -2.22. The number of carbonyl (C=O) groups is 1. The third-order valence-corrected chi connectivity index (χ3v) is 7.04. The fourth-order valence-electron chi connectivity index (χ4n) is 5.11. The van der Waals surface area contributed by atoms with Gasteiger partial charge in [0, 0.05) is 17.3 Å². The van der Waals surface area contributed by atoms with Crippen molar-refractivity contribution in [1.29, 1.82) is 0 Å². The SMILES string of the molecule is Cc1nc2ccc(C(=Nc3ccc(CN4CCCC4)cc3)C3C(=O)Nc4cc(Cl)ccc43)cc2[nH]1. The van der Waals surface area contributed by atoms with Gasteiger partial charge in [-0.05, 0) is 85.9 Å². The monoisotopic (exact) mass is 483 g/mol. The zero-order valence-corrected chi connectivity index (χ0v) is 20.3. The van der Waals surface area contributed by atoms with Crippen LogP contribution in [0, 0.1) is 6.92 Å². The fraction of sp³-hybridized carbons (Fsp3) is 0.250. The summed E-state index contributed by atoms with van der Waals surface area (Å²) < 4.78 is 0. The van der Waals surface area contributed by atoms with Gasteiger partial charge in [0.15, 0.2) is 0 Å². The Kier molecular flexibility index (Phi) is 5.63. The number of halogens is 1. The van der Waals surface area contributed by atoms with E-state index in [1.165, 1.54) is 31.5 Å². The Morgan fingerprint density at radius 1 is 1.09 bits per heavy atom. The number of hydrogen-bond acceptors (Lipinski definition) is 4. The number of rotatable bonds is 5. The Morgan fingerprint density at radius 3 is 2.69 bits per heavy atom. The van der Waals surface area contributed by atoms with Crippen LogP contribution in [0.5, 0.6) is 0 Å². The van der Waals surface area contributed by atoms with E-state index in [-0.39, 0.29) is 5.91 Å². The van der Waals surface area contributed by atoms with E-state index in [2.05, 4.69) is 32.3 Å². The van der Waals surface area contributed by atoms with Crippen molar-refractivity contribution in [2.75, 3.05) is 18.4 Å². The first kappa shape index (κ1) is 22.0. The largest absolute Gasteiger partial charge is 0.342 e. The van der Waals surface area contributed by atoms with Gasteiger partial charge in [-0.3, -0.25) is 14.7 Å². The number of carbonyl (C=O) groups excluding carboxylic acids is 1. The second-order valence-corrected chi connectivity index (χ2v) is 9.79. The molecule has 6 rings (SSSR count). The highest BCUT2D eigenvalue weighted by Gasteiger charge is 2.35. The number of nitrogens with one attached hydrogen (secondary N) is 2. The van der Waals surface area contributed by atoms with Gasteiger partial charge in [0.2, 0.25) is 5.91 Å². The van der Waals surface area contributed by atoms with Gasteiger partial charge < -0.3 is 10.3 Å². The molecular formula is C28H26ClN5O. The number of H-pyrrole nitrogens is 1. The van der Waals surface area contributed by atoms with Crippen molar-refractivity contribution in [1.82, 2.24) is 14.9 Å². The van der Waals surface area contributed by atoms with Crippen molar-refractivity contribution in [3.63, 3.8) is 0 Å². The molecule has 0 spiro atoms. The number of aromatic nitrogens is 2. The van der Waals surface area contributed by atoms with E-state index >= 15 is 0 Å². The number of aliphatic imine (C=N–C) groups is 1. The lowest BCUT2D eigenvalue weighted by molar-refractivity contribution is -0.115. The third-order valence-electron chi connectivity index (χ3n) is 6.81. The molecule has 1 saturated heterocycles. The van der Waals surface area contributed by atoms with Crippen LogP contribution in [-0.4, -0.2) is 39.6 Å². The smallest absolute Gasteiger partial charge is 0.238 e. The highest BCUT2D eigenvalue weighted by molar-refractivity contribution is 6.31. The summed E-state index contributed by atoms with van der Waals surface area (Å²) in [5.41, 5.74) is 7.10. The fourth-order valence-corrected chi connectivity index (χ4v) is 5.28. The standard InChI is InChI=1S/C28H26ClN5O/c1-17-30-23-11-6-19(14-25(23)31-17)27(26-22-10-7-20(29)15-24(22)33-28(26)35)32-21-8-4-18(5-9-21)16-34-12-2-3-13-34/h4-11,14-15,26H,2-3,12-13,16H2,1H3,(H,30,31)(H,33,35). The first-order valence-corrected chi connectivity index (χ1v) is 12.4. The van der Waals surface area contributed by atoms with Gasteiger partial charge in [-0.1, -0.05) is 35.9 Å². The molecule has 1 unspecified atom stereocenters. The number of aromatic amines is 1. The quantitative estimate of drug-likeness (QED) is 0.343. The lowest BCUT2D eigenvalue weighted by atomic mass is 9.90. The van der Waals surface area contributed by atoms with Gasteiger partial charge in [-0.2, -0.15) is 0 Å². The van der Waals surface area contributed by atoms with Crippen molar-refractivity contribution in [2.45, 2.75) is 32.2 Å². The normalized spacial score (nSPS) is 18.3. The lowest BCUT2D eigenvalue weighted by Gasteiger charge is -2.15. The maximum Gasteiger partial charge on any atom is 0.238 e. The molecule has 35 heavy (non-hydrogen) atoms. The Labute approximate surface area is 209 Å².